The van der Waals surface area contributed by atoms with Crippen molar-refractivity contribution in [2.24, 2.45) is 5.92 Å². The Balaban J connectivity index is 1.37. The number of anilines is 8. The molecule has 9 rings (SSSR count). The molecule has 6 aromatic rings. The van der Waals surface area contributed by atoms with Crippen LogP contribution in [0.4, 0.5) is 45.8 Å². The maximum atomic E-state index is 5.01. The molecule has 0 bridgehead atoms. The van der Waals surface area contributed by atoms with Gasteiger partial charge in [0, 0.05) is 47.0 Å². The second kappa shape index (κ2) is 10.9. The van der Waals surface area contributed by atoms with Crippen LogP contribution in [0.15, 0.2) is 159 Å². The first-order valence-electron chi connectivity index (χ1n) is 16.2. The fraction of sp³-hybridized carbons (Fsp3) is 0.122. The lowest BCUT2D eigenvalue weighted by atomic mass is 9.76. The molecular formula is C41H34N6. The van der Waals surface area contributed by atoms with E-state index in [1.54, 1.807) is 6.20 Å². The van der Waals surface area contributed by atoms with E-state index >= 15 is 0 Å². The maximum Gasteiger partial charge on any atom is 0.178 e. The second-order valence-electron chi connectivity index (χ2n) is 12.4. The molecule has 5 aromatic carbocycles. The van der Waals surface area contributed by atoms with Gasteiger partial charge in [-0.05, 0) is 66.6 Å². The molecule has 1 aromatic heterocycles. The molecular weight excluding hydrogens is 576 g/mol. The first-order chi connectivity index (χ1) is 23.3. The molecule has 0 saturated heterocycles. The van der Waals surface area contributed by atoms with Crippen molar-refractivity contribution in [3.8, 4) is 0 Å². The molecule has 0 spiro atoms. The lowest BCUT2D eigenvalue weighted by molar-refractivity contribution is 0.319. The number of para-hydroxylation sites is 6. The van der Waals surface area contributed by atoms with Crippen molar-refractivity contribution in [3.05, 3.63) is 170 Å². The van der Waals surface area contributed by atoms with Crippen molar-refractivity contribution < 1.29 is 0 Å². The number of aromatic nitrogens is 2. The van der Waals surface area contributed by atoms with E-state index in [4.69, 9.17) is 9.97 Å². The van der Waals surface area contributed by atoms with Crippen LogP contribution in [0.25, 0.3) is 0 Å². The minimum Gasteiger partial charge on any atom is -0.318 e. The van der Waals surface area contributed by atoms with Gasteiger partial charge in [0.1, 0.15) is 12.3 Å². The number of aryl methyl sites for hydroxylation is 1. The fourth-order valence-electron chi connectivity index (χ4n) is 8.10. The SMILES string of the molecule is C=CC1c2ccccc2N2c3nccnc3N(c3ccccc3)C2C1C1N(c2ccccc2)c2ccccc2N1c1ccccc1C. The van der Waals surface area contributed by atoms with E-state index in [-0.39, 0.29) is 24.2 Å². The van der Waals surface area contributed by atoms with E-state index in [0.29, 0.717) is 0 Å². The van der Waals surface area contributed by atoms with Crippen molar-refractivity contribution in [3.63, 3.8) is 0 Å². The van der Waals surface area contributed by atoms with Gasteiger partial charge in [-0.3, -0.25) is 0 Å². The van der Waals surface area contributed by atoms with Crippen LogP contribution in [-0.2, 0) is 0 Å². The summed E-state index contributed by atoms with van der Waals surface area (Å²) in [4.78, 5) is 20.0. The predicted octanol–water partition coefficient (Wildman–Crippen LogP) is 9.62. The summed E-state index contributed by atoms with van der Waals surface area (Å²) in [7, 11) is 0. The zero-order chi connectivity index (χ0) is 31.5. The van der Waals surface area contributed by atoms with Crippen molar-refractivity contribution in [2.75, 3.05) is 19.6 Å². The standard InChI is InChI=1S/C41H34N6/c1-3-31-32-21-11-13-23-34(32)47-39-38(42-26-27-43-39)45(30-19-8-5-9-20-30)41(47)37(31)40-44(29-17-6-4-7-18-29)35-24-14-15-25-36(35)46(40)33-22-12-10-16-28(33)2/h3-27,31,37,40-41H,1H2,2H3. The van der Waals surface area contributed by atoms with Gasteiger partial charge < -0.3 is 19.6 Å². The van der Waals surface area contributed by atoms with Crippen molar-refractivity contribution >= 4 is 45.8 Å². The average molecular weight is 611 g/mol. The highest BCUT2D eigenvalue weighted by molar-refractivity contribution is 5.91. The number of benzene rings is 5. The number of nitrogens with zero attached hydrogens (tertiary/aromatic N) is 6. The summed E-state index contributed by atoms with van der Waals surface area (Å²) in [6.07, 6.45) is 5.48. The summed E-state index contributed by atoms with van der Waals surface area (Å²) in [5.41, 5.74) is 9.38. The van der Waals surface area contributed by atoms with Crippen LogP contribution in [0.2, 0.25) is 0 Å². The van der Waals surface area contributed by atoms with Gasteiger partial charge in [-0.1, -0.05) is 91.0 Å². The Morgan fingerprint density at radius 1 is 0.511 bits per heavy atom. The number of hydrogen-bond donors (Lipinski definition) is 0. The zero-order valence-corrected chi connectivity index (χ0v) is 26.1. The second-order valence-corrected chi connectivity index (χ2v) is 12.4. The highest BCUT2D eigenvalue weighted by Crippen LogP contribution is 2.60. The Labute approximate surface area is 275 Å². The molecule has 0 radical (unpaired) electrons. The topological polar surface area (TPSA) is 38.7 Å². The minimum atomic E-state index is -0.162. The van der Waals surface area contributed by atoms with Gasteiger partial charge in [-0.2, -0.15) is 0 Å². The third-order valence-electron chi connectivity index (χ3n) is 9.93. The van der Waals surface area contributed by atoms with Crippen LogP contribution in [0.1, 0.15) is 17.0 Å². The van der Waals surface area contributed by atoms with E-state index in [9.17, 15) is 0 Å². The summed E-state index contributed by atoms with van der Waals surface area (Å²) >= 11 is 0. The summed E-state index contributed by atoms with van der Waals surface area (Å²) in [5, 5.41) is 0. The van der Waals surface area contributed by atoms with Crippen LogP contribution in [0.3, 0.4) is 0 Å². The van der Waals surface area contributed by atoms with Crippen molar-refractivity contribution in [2.45, 2.75) is 25.2 Å². The quantitative estimate of drug-likeness (QED) is 0.181. The third-order valence-corrected chi connectivity index (χ3v) is 9.93. The van der Waals surface area contributed by atoms with Crippen LogP contribution in [0.5, 0.6) is 0 Å². The highest BCUT2D eigenvalue weighted by atomic mass is 15.5. The Hall–Kier alpha value is -5.88. The zero-order valence-electron chi connectivity index (χ0n) is 26.1. The van der Waals surface area contributed by atoms with Gasteiger partial charge in [0.15, 0.2) is 11.6 Å². The first kappa shape index (κ1) is 27.4. The van der Waals surface area contributed by atoms with Gasteiger partial charge in [-0.25, -0.2) is 9.97 Å². The van der Waals surface area contributed by atoms with Gasteiger partial charge >= 0.3 is 0 Å². The van der Waals surface area contributed by atoms with Crippen molar-refractivity contribution in [1.82, 2.24) is 9.97 Å². The molecule has 0 N–H and O–H groups in total. The Morgan fingerprint density at radius 2 is 1.00 bits per heavy atom. The van der Waals surface area contributed by atoms with Crippen LogP contribution in [-0.4, -0.2) is 22.3 Å². The summed E-state index contributed by atoms with van der Waals surface area (Å²) in [6.45, 7) is 6.73. The number of hydrogen-bond acceptors (Lipinski definition) is 6. The molecule has 0 saturated carbocycles. The summed E-state index contributed by atoms with van der Waals surface area (Å²) in [6, 6.07) is 47.8. The molecule has 0 fully saturated rings. The van der Waals surface area contributed by atoms with Crippen LogP contribution < -0.4 is 19.6 Å². The van der Waals surface area contributed by atoms with Crippen molar-refractivity contribution in [1.29, 1.82) is 0 Å². The predicted molar refractivity (Wildman–Crippen MR) is 192 cm³/mol. The summed E-state index contributed by atoms with van der Waals surface area (Å²) < 4.78 is 0. The fourth-order valence-corrected chi connectivity index (χ4v) is 8.10. The molecule has 47 heavy (non-hydrogen) atoms. The maximum absolute atomic E-state index is 5.01. The number of allylic oxidation sites excluding steroid dienone is 1. The van der Waals surface area contributed by atoms with Gasteiger partial charge in [-0.15, -0.1) is 6.58 Å². The van der Waals surface area contributed by atoms with E-state index in [2.05, 4.69) is 173 Å². The lowest BCUT2D eigenvalue weighted by Crippen LogP contribution is -2.59. The first-order valence-corrected chi connectivity index (χ1v) is 16.2. The van der Waals surface area contributed by atoms with E-state index < -0.39 is 0 Å². The molecule has 4 unspecified atom stereocenters. The third kappa shape index (κ3) is 4.04. The number of fused-ring (bicyclic) bond motifs is 6. The monoisotopic (exact) mass is 610 g/mol. The highest BCUT2D eigenvalue weighted by Gasteiger charge is 2.57. The molecule has 228 valence electrons. The molecule has 4 heterocycles. The largest absolute Gasteiger partial charge is 0.318 e. The van der Waals surface area contributed by atoms with Crippen LogP contribution >= 0.6 is 0 Å². The van der Waals surface area contributed by atoms with E-state index in [1.807, 2.05) is 6.20 Å². The van der Waals surface area contributed by atoms with Crippen LogP contribution in [0, 0.1) is 12.8 Å². The molecule has 0 aliphatic carbocycles. The molecule has 3 aliphatic heterocycles. The molecule has 4 atom stereocenters. The van der Waals surface area contributed by atoms with Gasteiger partial charge in [0.25, 0.3) is 0 Å². The Bertz CT molecular complexity index is 2100. The Kier molecular flexibility index (Phi) is 6.35. The summed E-state index contributed by atoms with van der Waals surface area (Å²) in [5.74, 6) is 1.69. The van der Waals surface area contributed by atoms with E-state index in [0.717, 1.165) is 28.7 Å². The normalized spacial score (nSPS) is 20.8. The number of rotatable bonds is 5. The minimum absolute atomic E-state index is 0.00465. The Morgan fingerprint density at radius 3 is 1.64 bits per heavy atom. The van der Waals surface area contributed by atoms with E-state index in [1.165, 1.54) is 28.2 Å². The molecule has 3 aliphatic rings. The average Bonchev–Trinajstić information content (AvgIpc) is 3.66. The molecule has 0 amide bonds. The molecule has 6 nitrogen and oxygen atoms in total. The smallest absolute Gasteiger partial charge is 0.178 e. The lowest BCUT2D eigenvalue weighted by Gasteiger charge is -2.51. The van der Waals surface area contributed by atoms with Gasteiger partial charge in [0.05, 0.1) is 11.4 Å². The molecule has 6 heteroatoms. The van der Waals surface area contributed by atoms with Gasteiger partial charge in [0.2, 0.25) is 0 Å².